The smallest absolute Gasteiger partial charge is 0.341 e. The van der Waals surface area contributed by atoms with E-state index in [1.165, 1.54) is 11.8 Å². The molecule has 4 aromatic rings. The summed E-state index contributed by atoms with van der Waals surface area (Å²) in [5.74, 6) is 0.274. The zero-order valence-corrected chi connectivity index (χ0v) is 18.4. The van der Waals surface area contributed by atoms with Crippen LogP contribution in [-0.2, 0) is 15.3 Å². The number of carbonyl (C=O) groups excluding carboxylic acids is 2. The highest BCUT2D eigenvalue weighted by atomic mass is 32.2. The monoisotopic (exact) mass is 447 g/mol. The summed E-state index contributed by atoms with van der Waals surface area (Å²) in [6, 6.07) is 16.7. The van der Waals surface area contributed by atoms with Crippen molar-refractivity contribution in [3.05, 3.63) is 83.4 Å². The van der Waals surface area contributed by atoms with E-state index in [1.54, 1.807) is 18.3 Å². The van der Waals surface area contributed by atoms with Crippen LogP contribution in [0.5, 0.6) is 0 Å². The van der Waals surface area contributed by atoms with Crippen LogP contribution in [0.25, 0.3) is 10.8 Å². The minimum atomic E-state index is -0.604. The number of nitrogens with one attached hydrogen (secondary N) is 1. The van der Waals surface area contributed by atoms with Gasteiger partial charge in [0.05, 0.1) is 11.3 Å². The summed E-state index contributed by atoms with van der Waals surface area (Å²) in [5, 5.41) is 9.20. The maximum Gasteiger partial charge on any atom is 0.341 e. The van der Waals surface area contributed by atoms with Crippen molar-refractivity contribution in [2.45, 2.75) is 24.6 Å². The van der Waals surface area contributed by atoms with Crippen LogP contribution >= 0.6 is 11.8 Å². The number of anilines is 1. The predicted octanol–water partition coefficient (Wildman–Crippen LogP) is 4.93. The number of carbonyl (C=O) groups is 2. The van der Waals surface area contributed by atoms with Crippen LogP contribution in [0.1, 0.15) is 27.4 Å². The molecule has 2 aromatic heterocycles. The second-order valence-electron chi connectivity index (χ2n) is 7.10. The van der Waals surface area contributed by atoms with E-state index in [2.05, 4.69) is 15.5 Å². The lowest BCUT2D eigenvalue weighted by Crippen LogP contribution is -2.21. The number of aryl methyl sites for hydroxylation is 2. The van der Waals surface area contributed by atoms with Crippen LogP contribution < -0.4 is 5.32 Å². The van der Waals surface area contributed by atoms with Crippen molar-refractivity contribution >= 4 is 40.1 Å². The van der Waals surface area contributed by atoms with Crippen molar-refractivity contribution in [3.63, 3.8) is 0 Å². The van der Waals surface area contributed by atoms with E-state index in [9.17, 15) is 9.59 Å². The first-order valence-corrected chi connectivity index (χ1v) is 11.0. The molecule has 0 aliphatic heterocycles. The molecule has 0 aliphatic rings. The second-order valence-corrected chi connectivity index (χ2v) is 8.06. The van der Waals surface area contributed by atoms with E-state index in [4.69, 9.17) is 9.26 Å². The Morgan fingerprint density at radius 1 is 1.06 bits per heavy atom. The van der Waals surface area contributed by atoms with Crippen molar-refractivity contribution in [2.24, 2.45) is 0 Å². The number of amides is 1. The molecule has 0 spiro atoms. The van der Waals surface area contributed by atoms with Crippen LogP contribution in [0, 0.1) is 13.8 Å². The van der Waals surface area contributed by atoms with Gasteiger partial charge in [0.2, 0.25) is 0 Å². The zero-order chi connectivity index (χ0) is 22.5. The molecule has 0 fully saturated rings. The highest BCUT2D eigenvalue weighted by molar-refractivity contribution is 7.98. The third-order valence-electron chi connectivity index (χ3n) is 4.92. The number of esters is 1. The van der Waals surface area contributed by atoms with Gasteiger partial charge in [-0.15, -0.1) is 11.8 Å². The number of fused-ring (bicyclic) bond motifs is 1. The highest BCUT2D eigenvalue weighted by Gasteiger charge is 2.18. The summed E-state index contributed by atoms with van der Waals surface area (Å²) in [6.07, 6.45) is 1.61. The number of ether oxygens (including phenoxy) is 1. The zero-order valence-electron chi connectivity index (χ0n) is 17.6. The molecule has 1 amide bonds. The molecule has 32 heavy (non-hydrogen) atoms. The van der Waals surface area contributed by atoms with Gasteiger partial charge in [-0.05, 0) is 37.4 Å². The third-order valence-corrected chi connectivity index (χ3v) is 5.96. The first-order chi connectivity index (χ1) is 15.5. The molecule has 0 atom stereocenters. The number of aromatic nitrogens is 2. The van der Waals surface area contributed by atoms with Gasteiger partial charge in [0.1, 0.15) is 10.8 Å². The lowest BCUT2D eigenvalue weighted by molar-refractivity contribution is -0.119. The summed E-state index contributed by atoms with van der Waals surface area (Å²) in [5.41, 5.74) is 2.75. The van der Waals surface area contributed by atoms with Gasteiger partial charge >= 0.3 is 5.97 Å². The van der Waals surface area contributed by atoms with Gasteiger partial charge in [-0.1, -0.05) is 41.6 Å². The molecule has 1 N–H and O–H groups in total. The lowest BCUT2D eigenvalue weighted by Gasteiger charge is -2.10. The molecule has 2 heterocycles. The number of rotatable bonds is 7. The van der Waals surface area contributed by atoms with Gasteiger partial charge in [0.25, 0.3) is 5.91 Å². The molecule has 2 aromatic carbocycles. The molecule has 0 bridgehead atoms. The van der Waals surface area contributed by atoms with Crippen molar-refractivity contribution in [1.82, 2.24) is 10.1 Å². The van der Waals surface area contributed by atoms with Crippen LogP contribution in [-0.4, -0.2) is 28.6 Å². The van der Waals surface area contributed by atoms with Gasteiger partial charge in [-0.25, -0.2) is 9.78 Å². The minimum Gasteiger partial charge on any atom is -0.452 e. The summed E-state index contributed by atoms with van der Waals surface area (Å²) in [4.78, 5) is 29.3. The first kappa shape index (κ1) is 21.6. The molecular formula is C24H21N3O4S. The topological polar surface area (TPSA) is 94.3 Å². The number of pyridine rings is 1. The quantitative estimate of drug-likeness (QED) is 0.317. The van der Waals surface area contributed by atoms with Crippen LogP contribution in [0.2, 0.25) is 0 Å². The molecule has 0 radical (unpaired) electrons. The molecule has 4 rings (SSSR count). The van der Waals surface area contributed by atoms with Crippen LogP contribution in [0.3, 0.4) is 0 Å². The van der Waals surface area contributed by atoms with Gasteiger partial charge in [0.15, 0.2) is 6.61 Å². The van der Waals surface area contributed by atoms with E-state index in [0.29, 0.717) is 22.0 Å². The largest absolute Gasteiger partial charge is 0.452 e. The molecule has 162 valence electrons. The molecule has 0 unspecified atom stereocenters. The van der Waals surface area contributed by atoms with Crippen LogP contribution in [0.4, 0.5) is 5.69 Å². The molecular weight excluding hydrogens is 426 g/mol. The third kappa shape index (κ3) is 4.81. The van der Waals surface area contributed by atoms with Gasteiger partial charge < -0.3 is 14.6 Å². The van der Waals surface area contributed by atoms with E-state index >= 15 is 0 Å². The fourth-order valence-electron chi connectivity index (χ4n) is 3.24. The number of thioether (sulfide) groups is 1. The van der Waals surface area contributed by atoms with Gasteiger partial charge in [-0.2, -0.15) is 0 Å². The van der Waals surface area contributed by atoms with Crippen molar-refractivity contribution in [2.75, 3.05) is 11.9 Å². The van der Waals surface area contributed by atoms with E-state index < -0.39 is 18.5 Å². The lowest BCUT2D eigenvalue weighted by atomic mass is 10.1. The highest BCUT2D eigenvalue weighted by Crippen LogP contribution is 2.27. The van der Waals surface area contributed by atoms with E-state index in [-0.39, 0.29) is 0 Å². The number of nitrogens with zero attached hydrogens (tertiary/aromatic N) is 2. The van der Waals surface area contributed by atoms with Crippen molar-refractivity contribution in [1.29, 1.82) is 0 Å². The Morgan fingerprint density at radius 2 is 1.88 bits per heavy atom. The molecule has 8 heteroatoms. The fraction of sp³-hybridized carbons (Fsp3) is 0.167. The van der Waals surface area contributed by atoms with Gasteiger partial charge in [0, 0.05) is 28.6 Å². The average Bonchev–Trinajstić information content (AvgIpc) is 3.13. The standard InChI is InChI=1S/C24H21N3O4S/c1-15-20(16(2)31-27-15)14-32-23-19(10-6-12-25-23)24(29)30-13-22(28)26-21-11-5-8-17-7-3-4-9-18(17)21/h3-12H,13-14H2,1-2H3,(H,26,28). The maximum atomic E-state index is 12.6. The first-order valence-electron chi connectivity index (χ1n) is 9.97. The predicted molar refractivity (Wildman–Crippen MR) is 123 cm³/mol. The van der Waals surface area contributed by atoms with E-state index in [1.807, 2.05) is 56.3 Å². The van der Waals surface area contributed by atoms with E-state index in [0.717, 1.165) is 27.8 Å². The van der Waals surface area contributed by atoms with Crippen molar-refractivity contribution in [3.8, 4) is 0 Å². The number of benzene rings is 2. The summed E-state index contributed by atoms with van der Waals surface area (Å²) in [7, 11) is 0. The number of hydrogen-bond acceptors (Lipinski definition) is 7. The van der Waals surface area contributed by atoms with Gasteiger partial charge in [-0.3, -0.25) is 4.79 Å². The molecule has 7 nitrogen and oxygen atoms in total. The normalized spacial score (nSPS) is 10.8. The number of hydrogen-bond donors (Lipinski definition) is 1. The fourth-order valence-corrected chi connectivity index (χ4v) is 4.37. The maximum absolute atomic E-state index is 12.6. The molecule has 0 saturated carbocycles. The minimum absolute atomic E-state index is 0.308. The molecule has 0 aliphatic carbocycles. The SMILES string of the molecule is Cc1noc(C)c1CSc1ncccc1C(=O)OCC(=O)Nc1cccc2ccccc12. The van der Waals surface area contributed by atoms with Crippen molar-refractivity contribution < 1.29 is 18.8 Å². The Balaban J connectivity index is 1.39. The second kappa shape index (κ2) is 9.65. The Morgan fingerprint density at radius 3 is 2.69 bits per heavy atom. The summed E-state index contributed by atoms with van der Waals surface area (Å²) < 4.78 is 10.4. The molecule has 0 saturated heterocycles. The average molecular weight is 448 g/mol. The Bertz CT molecular complexity index is 1260. The summed E-state index contributed by atoms with van der Waals surface area (Å²) >= 11 is 1.39. The van der Waals surface area contributed by atoms with Crippen LogP contribution in [0.15, 0.2) is 70.3 Å². The Labute approximate surface area is 189 Å². The Kier molecular flexibility index (Phi) is 6.51. The summed E-state index contributed by atoms with van der Waals surface area (Å²) in [6.45, 7) is 3.32. The Hall–Kier alpha value is -3.65.